The summed E-state index contributed by atoms with van der Waals surface area (Å²) in [5.41, 5.74) is 2.46. The molecule has 0 saturated carbocycles. The van der Waals surface area contributed by atoms with Crippen LogP contribution in [-0.2, 0) is 0 Å². The highest BCUT2D eigenvalue weighted by Gasteiger charge is 2.17. The van der Waals surface area contributed by atoms with Crippen LogP contribution >= 0.6 is 0 Å². The molecule has 0 unspecified atom stereocenters. The lowest BCUT2D eigenvalue weighted by Gasteiger charge is -2.10. The van der Waals surface area contributed by atoms with Gasteiger partial charge in [-0.3, -0.25) is 4.79 Å². The van der Waals surface area contributed by atoms with Crippen molar-refractivity contribution in [2.45, 2.75) is 0 Å². The topological polar surface area (TPSA) is 55.1 Å². The predicted octanol–water partition coefficient (Wildman–Crippen LogP) is 6.55. The van der Waals surface area contributed by atoms with E-state index in [0.29, 0.717) is 28.3 Å². The summed E-state index contributed by atoms with van der Waals surface area (Å²) in [7, 11) is 0. The Labute approximate surface area is 178 Å². The van der Waals surface area contributed by atoms with Gasteiger partial charge in [-0.25, -0.2) is 9.37 Å². The van der Waals surface area contributed by atoms with Crippen molar-refractivity contribution in [2.75, 3.05) is 5.32 Å². The van der Waals surface area contributed by atoms with Crippen molar-refractivity contribution in [1.82, 2.24) is 4.98 Å². The van der Waals surface area contributed by atoms with E-state index in [1.165, 1.54) is 12.1 Å². The minimum Gasteiger partial charge on any atom is -0.436 e. The lowest BCUT2D eigenvalue weighted by atomic mass is 10.1. The molecule has 0 aliphatic carbocycles. The fraction of sp³-hybridized carbons (Fsp3) is 0. The van der Waals surface area contributed by atoms with E-state index in [9.17, 15) is 9.18 Å². The second kappa shape index (κ2) is 7.88. The highest BCUT2D eigenvalue weighted by molar-refractivity contribution is 6.11. The smallest absolute Gasteiger partial charge is 0.256 e. The third-order valence-corrected chi connectivity index (χ3v) is 5.07. The second-order valence-corrected chi connectivity index (χ2v) is 7.06. The number of benzene rings is 4. The maximum absolute atomic E-state index is 13.2. The normalized spacial score (nSPS) is 10.9. The molecule has 0 aliphatic rings. The quantitative estimate of drug-likeness (QED) is 0.367. The molecule has 0 saturated heterocycles. The monoisotopic (exact) mass is 408 g/mol. The number of aromatic nitrogens is 1. The first-order chi connectivity index (χ1) is 15.2. The SMILES string of the molecule is O=C(Nc1cccc2ccccc12)c1ccccc1-c1ncc(-c2ccc(F)cc2)o1. The molecule has 0 bridgehead atoms. The third kappa shape index (κ3) is 3.69. The third-order valence-electron chi connectivity index (χ3n) is 5.07. The summed E-state index contributed by atoms with van der Waals surface area (Å²) >= 11 is 0. The van der Waals surface area contributed by atoms with Crippen molar-refractivity contribution in [3.05, 3.63) is 109 Å². The number of fused-ring (bicyclic) bond motifs is 1. The zero-order valence-corrected chi connectivity index (χ0v) is 16.4. The van der Waals surface area contributed by atoms with E-state index in [0.717, 1.165) is 16.5 Å². The highest BCUT2D eigenvalue weighted by atomic mass is 19.1. The number of nitrogens with zero attached hydrogens (tertiary/aromatic N) is 1. The zero-order valence-electron chi connectivity index (χ0n) is 16.4. The summed E-state index contributed by atoms with van der Waals surface area (Å²) in [6, 6.07) is 26.8. The lowest BCUT2D eigenvalue weighted by molar-refractivity contribution is 0.102. The molecule has 1 amide bonds. The Morgan fingerprint density at radius 1 is 0.839 bits per heavy atom. The highest BCUT2D eigenvalue weighted by Crippen LogP contribution is 2.30. The van der Waals surface area contributed by atoms with Crippen LogP contribution in [0.3, 0.4) is 0 Å². The molecule has 31 heavy (non-hydrogen) atoms. The summed E-state index contributed by atoms with van der Waals surface area (Å²) in [5, 5.41) is 5.02. The minimum atomic E-state index is -0.320. The molecule has 1 aromatic heterocycles. The number of carbonyl (C=O) groups is 1. The summed E-state index contributed by atoms with van der Waals surface area (Å²) in [5.74, 6) is 0.245. The van der Waals surface area contributed by atoms with E-state index in [4.69, 9.17) is 4.42 Å². The van der Waals surface area contributed by atoms with Gasteiger partial charge in [0.05, 0.1) is 11.8 Å². The van der Waals surface area contributed by atoms with Crippen LogP contribution < -0.4 is 5.32 Å². The van der Waals surface area contributed by atoms with Crippen LogP contribution in [0.5, 0.6) is 0 Å². The Balaban J connectivity index is 1.48. The molecule has 1 heterocycles. The number of halogens is 1. The Bertz CT molecular complexity index is 1380. The van der Waals surface area contributed by atoms with Crippen molar-refractivity contribution >= 4 is 22.4 Å². The van der Waals surface area contributed by atoms with Crippen molar-refractivity contribution in [1.29, 1.82) is 0 Å². The maximum atomic E-state index is 13.2. The average molecular weight is 408 g/mol. The molecule has 0 fully saturated rings. The van der Waals surface area contributed by atoms with E-state index in [1.54, 1.807) is 36.5 Å². The van der Waals surface area contributed by atoms with Crippen LogP contribution in [-0.4, -0.2) is 10.9 Å². The molecule has 0 atom stereocenters. The number of nitrogens with one attached hydrogen (secondary N) is 1. The summed E-state index contributed by atoms with van der Waals surface area (Å²) in [6.07, 6.45) is 1.57. The van der Waals surface area contributed by atoms with Crippen LogP contribution in [0.25, 0.3) is 33.6 Å². The van der Waals surface area contributed by atoms with Gasteiger partial charge in [-0.05, 0) is 47.9 Å². The van der Waals surface area contributed by atoms with Gasteiger partial charge in [0, 0.05) is 22.2 Å². The average Bonchev–Trinajstić information content (AvgIpc) is 3.30. The minimum absolute atomic E-state index is 0.256. The molecular formula is C26H17FN2O2. The van der Waals surface area contributed by atoms with Gasteiger partial charge in [0.2, 0.25) is 5.89 Å². The van der Waals surface area contributed by atoms with Crippen LogP contribution in [0.15, 0.2) is 102 Å². The van der Waals surface area contributed by atoms with Crippen molar-refractivity contribution in [3.8, 4) is 22.8 Å². The molecule has 4 aromatic carbocycles. The number of oxazole rings is 1. The zero-order chi connectivity index (χ0) is 21.2. The van der Waals surface area contributed by atoms with Gasteiger partial charge >= 0.3 is 0 Å². The maximum Gasteiger partial charge on any atom is 0.256 e. The van der Waals surface area contributed by atoms with Gasteiger partial charge in [-0.2, -0.15) is 0 Å². The van der Waals surface area contributed by atoms with Crippen LogP contribution in [0.1, 0.15) is 10.4 Å². The van der Waals surface area contributed by atoms with Gasteiger partial charge in [0.1, 0.15) is 5.82 Å². The van der Waals surface area contributed by atoms with Crippen molar-refractivity contribution < 1.29 is 13.6 Å². The first-order valence-corrected chi connectivity index (χ1v) is 9.79. The largest absolute Gasteiger partial charge is 0.436 e. The number of hydrogen-bond acceptors (Lipinski definition) is 3. The fourth-order valence-corrected chi connectivity index (χ4v) is 3.54. The molecular weight excluding hydrogens is 391 g/mol. The second-order valence-electron chi connectivity index (χ2n) is 7.06. The van der Waals surface area contributed by atoms with E-state index < -0.39 is 0 Å². The van der Waals surface area contributed by atoms with Crippen molar-refractivity contribution in [2.24, 2.45) is 0 Å². The summed E-state index contributed by atoms with van der Waals surface area (Å²) in [6.45, 7) is 0. The van der Waals surface area contributed by atoms with Gasteiger partial charge < -0.3 is 9.73 Å². The molecule has 150 valence electrons. The summed E-state index contributed by atoms with van der Waals surface area (Å²) < 4.78 is 19.1. The van der Waals surface area contributed by atoms with E-state index in [1.807, 2.05) is 48.5 Å². The first kappa shape index (κ1) is 18.8. The van der Waals surface area contributed by atoms with Crippen molar-refractivity contribution in [3.63, 3.8) is 0 Å². The van der Waals surface area contributed by atoms with Crippen LogP contribution in [0.4, 0.5) is 10.1 Å². The van der Waals surface area contributed by atoms with Gasteiger partial charge in [-0.15, -0.1) is 0 Å². The molecule has 1 N–H and O–H groups in total. The van der Waals surface area contributed by atoms with Gasteiger partial charge in [0.15, 0.2) is 5.76 Å². The number of rotatable bonds is 4. The molecule has 5 heteroatoms. The number of hydrogen-bond donors (Lipinski definition) is 1. The number of carbonyl (C=O) groups excluding carboxylic acids is 1. The Kier molecular flexibility index (Phi) is 4.77. The Hall–Kier alpha value is -4.25. The molecule has 0 radical (unpaired) electrons. The summed E-state index contributed by atoms with van der Waals surface area (Å²) in [4.78, 5) is 17.5. The van der Waals surface area contributed by atoms with Gasteiger partial charge in [-0.1, -0.05) is 48.5 Å². The Morgan fingerprint density at radius 2 is 1.58 bits per heavy atom. The Morgan fingerprint density at radius 3 is 2.45 bits per heavy atom. The van der Waals surface area contributed by atoms with E-state index >= 15 is 0 Å². The lowest BCUT2D eigenvalue weighted by Crippen LogP contribution is -2.13. The van der Waals surface area contributed by atoms with E-state index in [-0.39, 0.29) is 11.7 Å². The predicted molar refractivity (Wildman–Crippen MR) is 119 cm³/mol. The van der Waals surface area contributed by atoms with Crippen LogP contribution in [0, 0.1) is 5.82 Å². The number of amides is 1. The molecule has 5 rings (SSSR count). The molecule has 4 nitrogen and oxygen atoms in total. The number of anilines is 1. The molecule has 0 aliphatic heterocycles. The fourth-order valence-electron chi connectivity index (χ4n) is 3.54. The molecule has 0 spiro atoms. The first-order valence-electron chi connectivity index (χ1n) is 9.79. The standard InChI is InChI=1S/C26H17FN2O2/c27-19-14-12-18(13-15-19)24-16-28-26(31-24)22-10-4-3-9-21(22)25(30)29-23-11-5-7-17-6-1-2-8-20(17)23/h1-16H,(H,29,30). The molecule has 5 aromatic rings. The van der Waals surface area contributed by atoms with E-state index in [2.05, 4.69) is 10.3 Å². The van der Waals surface area contributed by atoms with Gasteiger partial charge in [0.25, 0.3) is 5.91 Å². The van der Waals surface area contributed by atoms with Crippen LogP contribution in [0.2, 0.25) is 0 Å².